The minimum atomic E-state index is -3.75. The van der Waals surface area contributed by atoms with Gasteiger partial charge in [-0.1, -0.05) is 18.2 Å². The predicted molar refractivity (Wildman–Crippen MR) is 103 cm³/mol. The van der Waals surface area contributed by atoms with E-state index in [-0.39, 0.29) is 30.5 Å². The van der Waals surface area contributed by atoms with Crippen molar-refractivity contribution in [3.05, 3.63) is 78.3 Å². The van der Waals surface area contributed by atoms with E-state index in [0.717, 1.165) is 0 Å². The fourth-order valence-electron chi connectivity index (χ4n) is 2.33. The monoisotopic (exact) mass is 417 g/mol. The number of rotatable bonds is 9. The number of esters is 1. The number of hydrogen-bond donors (Lipinski definition) is 1. The Bertz CT molecular complexity index is 1040. The van der Waals surface area contributed by atoms with Gasteiger partial charge in [-0.15, -0.1) is 0 Å². The van der Waals surface area contributed by atoms with E-state index in [4.69, 9.17) is 23.8 Å². The van der Waals surface area contributed by atoms with Crippen molar-refractivity contribution >= 4 is 16.0 Å². The standard InChI is InChI=1S/C20H19NO7S/c21-29(23,24)18-9-6-16(7-10-18)25-12-13-26-20(22)19-11-8-17(28-19)14-27-15-4-2-1-3-5-15/h1-11H,12-14H2,(H2,21,23,24). The molecule has 1 heterocycles. The van der Waals surface area contributed by atoms with Crippen molar-refractivity contribution in [2.75, 3.05) is 13.2 Å². The van der Waals surface area contributed by atoms with Gasteiger partial charge in [0.25, 0.3) is 0 Å². The van der Waals surface area contributed by atoms with Crippen LogP contribution in [-0.4, -0.2) is 27.6 Å². The highest BCUT2D eigenvalue weighted by molar-refractivity contribution is 7.89. The molecule has 0 amide bonds. The van der Waals surface area contributed by atoms with Gasteiger partial charge in [0.15, 0.2) is 0 Å². The molecule has 1 aromatic heterocycles. The number of nitrogens with two attached hydrogens (primary N) is 1. The lowest BCUT2D eigenvalue weighted by Gasteiger charge is -2.07. The molecule has 3 aromatic rings. The molecule has 8 nitrogen and oxygen atoms in total. The Hall–Kier alpha value is -3.30. The number of hydrogen-bond acceptors (Lipinski definition) is 7. The van der Waals surface area contributed by atoms with Crippen LogP contribution in [0, 0.1) is 0 Å². The van der Waals surface area contributed by atoms with Crippen LogP contribution >= 0.6 is 0 Å². The molecule has 152 valence electrons. The minimum absolute atomic E-state index is 0.00762. The summed E-state index contributed by atoms with van der Waals surface area (Å²) in [4.78, 5) is 12.0. The summed E-state index contributed by atoms with van der Waals surface area (Å²) in [7, 11) is -3.75. The highest BCUT2D eigenvalue weighted by atomic mass is 32.2. The van der Waals surface area contributed by atoms with Gasteiger partial charge in [0.05, 0.1) is 4.90 Å². The molecule has 0 aliphatic carbocycles. The summed E-state index contributed by atoms with van der Waals surface area (Å²) < 4.78 is 43.8. The van der Waals surface area contributed by atoms with Gasteiger partial charge in [-0.25, -0.2) is 18.4 Å². The fraction of sp³-hybridized carbons (Fsp3) is 0.150. The lowest BCUT2D eigenvalue weighted by molar-refractivity contribution is 0.0411. The van der Waals surface area contributed by atoms with Gasteiger partial charge < -0.3 is 18.6 Å². The molecule has 0 fully saturated rings. The quantitative estimate of drug-likeness (QED) is 0.420. The van der Waals surface area contributed by atoms with Gasteiger partial charge in [-0.05, 0) is 48.5 Å². The SMILES string of the molecule is NS(=O)(=O)c1ccc(OCCOC(=O)c2ccc(COc3ccccc3)o2)cc1. The molecule has 2 N–H and O–H groups in total. The number of ether oxygens (including phenoxy) is 3. The summed E-state index contributed by atoms with van der Waals surface area (Å²) in [5, 5.41) is 5.02. The van der Waals surface area contributed by atoms with Crippen LogP contribution < -0.4 is 14.6 Å². The van der Waals surface area contributed by atoms with Crippen LogP contribution in [0.5, 0.6) is 11.5 Å². The minimum Gasteiger partial charge on any atom is -0.490 e. The topological polar surface area (TPSA) is 118 Å². The maximum atomic E-state index is 12.0. The third-order valence-corrected chi connectivity index (χ3v) is 4.65. The zero-order valence-electron chi connectivity index (χ0n) is 15.3. The van der Waals surface area contributed by atoms with E-state index in [9.17, 15) is 13.2 Å². The van der Waals surface area contributed by atoms with Gasteiger partial charge in [0, 0.05) is 0 Å². The third-order valence-electron chi connectivity index (χ3n) is 3.72. The Kier molecular flexibility index (Phi) is 6.53. The molecule has 0 aliphatic heterocycles. The van der Waals surface area contributed by atoms with Crippen LogP contribution in [0.1, 0.15) is 16.3 Å². The van der Waals surface area contributed by atoms with Crippen LogP contribution in [0.2, 0.25) is 0 Å². The zero-order chi connectivity index (χ0) is 20.7. The highest BCUT2D eigenvalue weighted by Gasteiger charge is 2.13. The predicted octanol–water partition coefficient (Wildman–Crippen LogP) is 2.74. The fourth-order valence-corrected chi connectivity index (χ4v) is 2.84. The number of carbonyl (C=O) groups is 1. The van der Waals surface area contributed by atoms with E-state index in [1.807, 2.05) is 30.3 Å². The summed E-state index contributed by atoms with van der Waals surface area (Å²) in [6.45, 7) is 0.270. The molecular formula is C20H19NO7S. The highest BCUT2D eigenvalue weighted by Crippen LogP contribution is 2.16. The molecule has 29 heavy (non-hydrogen) atoms. The molecule has 0 aliphatic rings. The average Bonchev–Trinajstić information content (AvgIpc) is 3.19. The molecule has 0 saturated carbocycles. The second kappa shape index (κ2) is 9.26. The molecule has 3 rings (SSSR count). The molecule has 0 spiro atoms. The Morgan fingerprint density at radius 1 is 0.862 bits per heavy atom. The lowest BCUT2D eigenvalue weighted by atomic mass is 10.3. The van der Waals surface area contributed by atoms with E-state index in [2.05, 4.69) is 0 Å². The largest absolute Gasteiger partial charge is 0.490 e. The Morgan fingerprint density at radius 2 is 1.55 bits per heavy atom. The van der Waals surface area contributed by atoms with E-state index in [1.54, 1.807) is 6.07 Å². The van der Waals surface area contributed by atoms with Gasteiger partial charge in [-0.3, -0.25) is 0 Å². The summed E-state index contributed by atoms with van der Waals surface area (Å²) in [5.74, 6) is 1.05. The Balaban J connectivity index is 1.41. The van der Waals surface area contributed by atoms with Crippen molar-refractivity contribution in [2.45, 2.75) is 11.5 Å². The van der Waals surface area contributed by atoms with E-state index >= 15 is 0 Å². The van der Waals surface area contributed by atoms with Crippen molar-refractivity contribution in [1.29, 1.82) is 0 Å². The average molecular weight is 417 g/mol. The number of furan rings is 1. The summed E-state index contributed by atoms with van der Waals surface area (Å²) in [6, 6.07) is 18.0. The summed E-state index contributed by atoms with van der Waals surface area (Å²) in [5.41, 5.74) is 0. The van der Waals surface area contributed by atoms with Gasteiger partial charge in [0.1, 0.15) is 37.1 Å². The summed E-state index contributed by atoms with van der Waals surface area (Å²) in [6.07, 6.45) is 0. The van der Waals surface area contributed by atoms with Crippen LogP contribution in [0.15, 0.2) is 76.0 Å². The van der Waals surface area contributed by atoms with Crippen LogP contribution in [0.3, 0.4) is 0 Å². The Morgan fingerprint density at radius 3 is 2.24 bits per heavy atom. The maximum Gasteiger partial charge on any atom is 0.374 e. The third kappa shape index (κ3) is 6.09. The van der Waals surface area contributed by atoms with Crippen LogP contribution in [0.4, 0.5) is 0 Å². The molecule has 2 aromatic carbocycles. The first-order chi connectivity index (χ1) is 13.9. The smallest absolute Gasteiger partial charge is 0.374 e. The number of primary sulfonamides is 1. The normalized spacial score (nSPS) is 11.1. The summed E-state index contributed by atoms with van der Waals surface area (Å²) >= 11 is 0. The molecule has 0 unspecified atom stereocenters. The number of benzene rings is 2. The first kappa shape index (κ1) is 20.4. The lowest BCUT2D eigenvalue weighted by Crippen LogP contribution is -2.13. The first-order valence-electron chi connectivity index (χ1n) is 8.61. The zero-order valence-corrected chi connectivity index (χ0v) is 16.1. The number of carbonyl (C=O) groups excluding carboxylic acids is 1. The number of sulfonamides is 1. The molecular weight excluding hydrogens is 398 g/mol. The van der Waals surface area contributed by atoms with Crippen molar-refractivity contribution < 1.29 is 31.8 Å². The second-order valence-electron chi connectivity index (χ2n) is 5.87. The van der Waals surface area contributed by atoms with Gasteiger partial charge in [-0.2, -0.15) is 0 Å². The molecule has 9 heteroatoms. The van der Waals surface area contributed by atoms with Crippen molar-refractivity contribution in [3.8, 4) is 11.5 Å². The molecule has 0 radical (unpaired) electrons. The molecule has 0 saturated heterocycles. The molecule has 0 atom stereocenters. The van der Waals surface area contributed by atoms with Gasteiger partial charge >= 0.3 is 5.97 Å². The second-order valence-corrected chi connectivity index (χ2v) is 7.43. The van der Waals surface area contributed by atoms with Crippen LogP contribution in [-0.2, 0) is 21.4 Å². The van der Waals surface area contributed by atoms with Crippen molar-refractivity contribution in [2.24, 2.45) is 5.14 Å². The van der Waals surface area contributed by atoms with E-state index in [0.29, 0.717) is 17.3 Å². The van der Waals surface area contributed by atoms with Crippen molar-refractivity contribution in [1.82, 2.24) is 0 Å². The number of para-hydroxylation sites is 1. The maximum absolute atomic E-state index is 12.0. The van der Waals surface area contributed by atoms with Crippen LogP contribution in [0.25, 0.3) is 0 Å². The van der Waals surface area contributed by atoms with E-state index < -0.39 is 16.0 Å². The molecule has 0 bridgehead atoms. The van der Waals surface area contributed by atoms with Gasteiger partial charge in [0.2, 0.25) is 15.8 Å². The van der Waals surface area contributed by atoms with E-state index in [1.165, 1.54) is 30.3 Å². The van der Waals surface area contributed by atoms with Crippen molar-refractivity contribution in [3.63, 3.8) is 0 Å². The Labute approximate surface area is 167 Å². The first-order valence-corrected chi connectivity index (χ1v) is 10.2.